The van der Waals surface area contributed by atoms with E-state index in [4.69, 9.17) is 4.55 Å². The molecule has 0 spiro atoms. The molecule has 0 saturated heterocycles. The zero-order valence-corrected chi connectivity index (χ0v) is 8.34. The van der Waals surface area contributed by atoms with Crippen LogP contribution in [0.2, 0.25) is 0 Å². The quantitative estimate of drug-likeness (QED) is 0.351. The lowest BCUT2D eigenvalue weighted by atomic mass is 10.3. The normalized spacial score (nSPS) is 11.9. The summed E-state index contributed by atoms with van der Waals surface area (Å²) in [5.41, 5.74) is 0. The van der Waals surface area contributed by atoms with E-state index in [-0.39, 0.29) is 0 Å². The summed E-state index contributed by atoms with van der Waals surface area (Å²) in [5, 5.41) is 0. The topological polar surface area (TPSA) is 54.4 Å². The Morgan fingerprint density at radius 2 is 1.27 bits per heavy atom. The largest absolute Gasteiger partial charge is 0.300 e. The molecular formula is C6H2F4O3S2. The molecule has 0 unspecified atom stereocenters. The molecule has 0 radical (unpaired) electrons. The molecule has 9 heteroatoms. The van der Waals surface area contributed by atoms with Gasteiger partial charge in [-0.3, -0.25) is 4.55 Å². The number of hydrogen-bond acceptors (Lipinski definition) is 3. The van der Waals surface area contributed by atoms with E-state index in [1.165, 1.54) is 0 Å². The third kappa shape index (κ3) is 1.94. The van der Waals surface area contributed by atoms with Gasteiger partial charge in [0.2, 0.25) is 0 Å². The maximum absolute atomic E-state index is 12.8. The minimum Gasteiger partial charge on any atom is -0.282 e. The van der Waals surface area contributed by atoms with Crippen LogP contribution in [0, 0.1) is 23.3 Å². The van der Waals surface area contributed by atoms with Crippen molar-refractivity contribution < 1.29 is 30.5 Å². The summed E-state index contributed by atoms with van der Waals surface area (Å²) in [5.74, 6) is -8.43. The van der Waals surface area contributed by atoms with Crippen LogP contribution in [0.25, 0.3) is 0 Å². The number of hydrogen-bond donors (Lipinski definition) is 2. The first-order valence-corrected chi connectivity index (χ1v) is 5.09. The first-order chi connectivity index (χ1) is 6.68. The molecule has 0 saturated carbocycles. The lowest BCUT2D eigenvalue weighted by molar-refractivity contribution is 0.385. The van der Waals surface area contributed by atoms with Crippen molar-refractivity contribution in [1.29, 1.82) is 0 Å². The number of benzene rings is 1. The van der Waals surface area contributed by atoms with E-state index in [1.54, 1.807) is 0 Å². The third-order valence-electron chi connectivity index (χ3n) is 1.46. The summed E-state index contributed by atoms with van der Waals surface area (Å²) in [6, 6.07) is 0. The number of thiol groups is 1. The monoisotopic (exact) mass is 262 g/mol. The Kier molecular flexibility index (Phi) is 2.99. The van der Waals surface area contributed by atoms with Crippen molar-refractivity contribution in [2.45, 2.75) is 9.79 Å². The highest BCUT2D eigenvalue weighted by Gasteiger charge is 2.30. The molecule has 0 bridgehead atoms. The van der Waals surface area contributed by atoms with Gasteiger partial charge in [0.25, 0.3) is 0 Å². The van der Waals surface area contributed by atoms with Crippen molar-refractivity contribution in [3.05, 3.63) is 23.3 Å². The fraction of sp³-hybridized carbons (Fsp3) is 0. The summed E-state index contributed by atoms with van der Waals surface area (Å²) >= 11 is 3.09. The average molecular weight is 262 g/mol. The van der Waals surface area contributed by atoms with Crippen LogP contribution >= 0.6 is 12.6 Å². The van der Waals surface area contributed by atoms with Gasteiger partial charge in [0, 0.05) is 0 Å². The zero-order chi connectivity index (χ0) is 12.0. The van der Waals surface area contributed by atoms with Gasteiger partial charge in [-0.1, -0.05) is 0 Å². The predicted molar refractivity (Wildman–Crippen MR) is 43.3 cm³/mol. The lowest BCUT2D eigenvalue weighted by Gasteiger charge is -2.05. The molecule has 0 atom stereocenters. The van der Waals surface area contributed by atoms with Crippen LogP contribution in [0.5, 0.6) is 0 Å². The van der Waals surface area contributed by atoms with Crippen LogP contribution in [0.3, 0.4) is 0 Å². The van der Waals surface area contributed by atoms with Gasteiger partial charge in [-0.25, -0.2) is 17.6 Å². The van der Waals surface area contributed by atoms with Crippen LogP contribution < -0.4 is 0 Å². The van der Waals surface area contributed by atoms with Gasteiger partial charge in [0.1, 0.15) is 0 Å². The van der Waals surface area contributed by atoms with Gasteiger partial charge in [-0.2, -0.15) is 8.42 Å². The second kappa shape index (κ2) is 3.65. The first-order valence-electron chi connectivity index (χ1n) is 3.20. The smallest absolute Gasteiger partial charge is 0.282 e. The summed E-state index contributed by atoms with van der Waals surface area (Å²) in [6.07, 6.45) is 0. The number of halogens is 4. The molecule has 0 aliphatic rings. The fourth-order valence-electron chi connectivity index (χ4n) is 0.826. The van der Waals surface area contributed by atoms with Gasteiger partial charge < -0.3 is 0 Å². The van der Waals surface area contributed by atoms with Crippen molar-refractivity contribution in [2.24, 2.45) is 0 Å². The van der Waals surface area contributed by atoms with Gasteiger partial charge in [-0.15, -0.1) is 12.6 Å². The Bertz CT molecular complexity index is 497. The van der Waals surface area contributed by atoms with E-state index in [2.05, 4.69) is 12.6 Å². The van der Waals surface area contributed by atoms with Crippen molar-refractivity contribution in [3.8, 4) is 0 Å². The molecule has 0 fully saturated rings. The van der Waals surface area contributed by atoms with Gasteiger partial charge in [-0.05, 0) is 0 Å². The molecule has 1 aromatic rings. The minimum absolute atomic E-state index is 1.31. The van der Waals surface area contributed by atoms with Crippen LogP contribution in [0.4, 0.5) is 17.6 Å². The highest BCUT2D eigenvalue weighted by Crippen LogP contribution is 2.29. The summed E-state index contributed by atoms with van der Waals surface area (Å²) in [6.45, 7) is 0. The maximum Gasteiger partial charge on any atom is 0.300 e. The molecule has 0 aromatic heterocycles. The van der Waals surface area contributed by atoms with E-state index in [0.29, 0.717) is 0 Å². The van der Waals surface area contributed by atoms with E-state index < -0.39 is 43.2 Å². The SMILES string of the molecule is O=S(=O)(O)c1c(F)c(F)c(S)c(F)c1F. The molecule has 0 aliphatic heterocycles. The number of rotatable bonds is 1. The molecule has 0 aliphatic carbocycles. The molecule has 0 heterocycles. The minimum atomic E-state index is -5.39. The third-order valence-corrected chi connectivity index (χ3v) is 2.72. The molecular weight excluding hydrogens is 260 g/mol. The van der Waals surface area contributed by atoms with E-state index in [1.807, 2.05) is 0 Å². The van der Waals surface area contributed by atoms with Crippen LogP contribution in [-0.4, -0.2) is 13.0 Å². The highest BCUT2D eigenvalue weighted by molar-refractivity contribution is 7.85. The van der Waals surface area contributed by atoms with Gasteiger partial charge in [0.15, 0.2) is 28.2 Å². The Labute approximate surface area is 86.9 Å². The second-order valence-corrected chi connectivity index (χ2v) is 4.21. The molecule has 3 nitrogen and oxygen atoms in total. The first kappa shape index (κ1) is 12.3. The molecule has 1 rings (SSSR count). The van der Waals surface area contributed by atoms with Crippen molar-refractivity contribution in [2.75, 3.05) is 0 Å². The molecule has 1 aromatic carbocycles. The Morgan fingerprint density at radius 1 is 0.933 bits per heavy atom. The van der Waals surface area contributed by atoms with Crippen molar-refractivity contribution in [3.63, 3.8) is 0 Å². The lowest BCUT2D eigenvalue weighted by Crippen LogP contribution is -2.10. The van der Waals surface area contributed by atoms with Crippen LogP contribution in [0.15, 0.2) is 9.79 Å². The van der Waals surface area contributed by atoms with Crippen LogP contribution in [0.1, 0.15) is 0 Å². The molecule has 84 valence electrons. The Hall–Kier alpha value is -0.800. The van der Waals surface area contributed by atoms with E-state index in [0.717, 1.165) is 0 Å². The molecule has 0 amide bonds. The second-order valence-electron chi connectivity index (χ2n) is 2.41. The van der Waals surface area contributed by atoms with Crippen LogP contribution in [-0.2, 0) is 10.1 Å². The fourth-order valence-corrected chi connectivity index (χ4v) is 1.65. The molecule has 15 heavy (non-hydrogen) atoms. The zero-order valence-electron chi connectivity index (χ0n) is 6.63. The summed E-state index contributed by atoms with van der Waals surface area (Å²) < 4.78 is 80.3. The van der Waals surface area contributed by atoms with Crippen molar-refractivity contribution >= 4 is 22.7 Å². The Morgan fingerprint density at radius 3 is 1.53 bits per heavy atom. The molecule has 1 N–H and O–H groups in total. The standard InChI is InChI=1S/C6H2F4O3S2/c7-1-3(9)6(15(11,12)13)4(10)2(8)5(1)14/h14H,(H,11,12,13). The predicted octanol–water partition coefficient (Wildman–Crippen LogP) is 1.78. The average Bonchev–Trinajstić information content (AvgIpc) is 2.09. The summed E-state index contributed by atoms with van der Waals surface area (Å²) in [7, 11) is -5.39. The van der Waals surface area contributed by atoms with Gasteiger partial charge >= 0.3 is 10.1 Å². The van der Waals surface area contributed by atoms with Gasteiger partial charge in [0.05, 0.1) is 4.90 Å². The maximum atomic E-state index is 12.8. The van der Waals surface area contributed by atoms with E-state index >= 15 is 0 Å². The van der Waals surface area contributed by atoms with Crippen molar-refractivity contribution in [1.82, 2.24) is 0 Å². The highest BCUT2D eigenvalue weighted by atomic mass is 32.2. The Balaban J connectivity index is 3.84. The van der Waals surface area contributed by atoms with E-state index in [9.17, 15) is 26.0 Å². The summed E-state index contributed by atoms with van der Waals surface area (Å²) in [4.78, 5) is -3.38.